The number of carbonyl (C=O) groups is 2. The molecule has 0 aliphatic rings. The number of ether oxygens (including phenoxy) is 1. The highest BCUT2D eigenvalue weighted by Crippen LogP contribution is 2.11. The molecule has 0 aromatic heterocycles. The van der Waals surface area contributed by atoms with Crippen molar-refractivity contribution in [2.75, 3.05) is 12.3 Å². The molecule has 0 aliphatic heterocycles. The van der Waals surface area contributed by atoms with Crippen LogP contribution in [0.4, 0.5) is 5.69 Å². The highest BCUT2D eigenvalue weighted by Gasteiger charge is 2.17. The Kier molecular flexibility index (Phi) is 4.71. The van der Waals surface area contributed by atoms with Gasteiger partial charge in [0.2, 0.25) is 0 Å². The molecular weight excluding hydrogens is 232 g/mol. The summed E-state index contributed by atoms with van der Waals surface area (Å²) in [5.74, 6) is -0.794. The molecule has 3 N–H and O–H groups in total. The molecule has 1 aromatic carbocycles. The third-order valence-electron chi connectivity index (χ3n) is 2.35. The zero-order chi connectivity index (χ0) is 13.7. The summed E-state index contributed by atoms with van der Waals surface area (Å²) in [6, 6.07) is 4.37. The van der Waals surface area contributed by atoms with Crippen molar-refractivity contribution in [3.05, 3.63) is 29.3 Å². The second kappa shape index (κ2) is 6.05. The van der Waals surface area contributed by atoms with E-state index >= 15 is 0 Å². The summed E-state index contributed by atoms with van der Waals surface area (Å²) in [6.07, 6.45) is 0. The monoisotopic (exact) mass is 250 g/mol. The van der Waals surface area contributed by atoms with Gasteiger partial charge in [0.1, 0.15) is 6.04 Å². The van der Waals surface area contributed by atoms with Crippen LogP contribution >= 0.6 is 0 Å². The van der Waals surface area contributed by atoms with Crippen LogP contribution in [-0.2, 0) is 9.53 Å². The first-order valence-corrected chi connectivity index (χ1v) is 5.78. The van der Waals surface area contributed by atoms with Crippen molar-refractivity contribution in [3.63, 3.8) is 0 Å². The predicted octanol–water partition coefficient (Wildman–Crippen LogP) is 1.26. The van der Waals surface area contributed by atoms with Crippen LogP contribution in [0.15, 0.2) is 18.2 Å². The molecule has 5 nitrogen and oxygen atoms in total. The summed E-state index contributed by atoms with van der Waals surface area (Å²) < 4.78 is 4.81. The molecule has 98 valence electrons. The van der Waals surface area contributed by atoms with Crippen LogP contribution in [0.25, 0.3) is 0 Å². The van der Waals surface area contributed by atoms with Crippen LogP contribution in [0, 0.1) is 6.92 Å². The molecular formula is C13H18N2O3. The maximum absolute atomic E-state index is 11.9. The highest BCUT2D eigenvalue weighted by atomic mass is 16.5. The van der Waals surface area contributed by atoms with Gasteiger partial charge in [-0.1, -0.05) is 0 Å². The number of esters is 1. The Labute approximate surface area is 106 Å². The Morgan fingerprint density at radius 2 is 2.06 bits per heavy atom. The van der Waals surface area contributed by atoms with Gasteiger partial charge in [-0.25, -0.2) is 4.79 Å². The number of benzene rings is 1. The Hall–Kier alpha value is -2.04. The number of carbonyl (C=O) groups excluding carboxylic acids is 2. The third kappa shape index (κ3) is 3.76. The number of nitrogens with one attached hydrogen (secondary N) is 1. The summed E-state index contributed by atoms with van der Waals surface area (Å²) >= 11 is 0. The van der Waals surface area contributed by atoms with Crippen molar-refractivity contribution in [3.8, 4) is 0 Å². The normalized spacial score (nSPS) is 11.7. The largest absolute Gasteiger partial charge is 0.464 e. The number of aryl methyl sites for hydroxylation is 1. The maximum Gasteiger partial charge on any atom is 0.328 e. The van der Waals surface area contributed by atoms with Gasteiger partial charge in [0.05, 0.1) is 6.61 Å². The van der Waals surface area contributed by atoms with Crippen LogP contribution in [0.1, 0.15) is 29.8 Å². The Bertz CT molecular complexity index is 437. The fourth-order valence-corrected chi connectivity index (χ4v) is 1.55. The second-order valence-electron chi connectivity index (χ2n) is 4.08. The van der Waals surface area contributed by atoms with E-state index in [9.17, 15) is 9.59 Å². The van der Waals surface area contributed by atoms with E-state index in [1.54, 1.807) is 32.0 Å². The Morgan fingerprint density at radius 3 is 2.61 bits per heavy atom. The number of anilines is 1. The maximum atomic E-state index is 11.9. The van der Waals surface area contributed by atoms with Crippen molar-refractivity contribution in [1.29, 1.82) is 0 Å². The molecule has 0 fully saturated rings. The van der Waals surface area contributed by atoms with E-state index in [0.717, 1.165) is 5.56 Å². The minimum Gasteiger partial charge on any atom is -0.464 e. The van der Waals surface area contributed by atoms with Gasteiger partial charge in [0, 0.05) is 11.3 Å². The van der Waals surface area contributed by atoms with Gasteiger partial charge in [-0.05, 0) is 44.5 Å². The molecule has 0 bridgehead atoms. The van der Waals surface area contributed by atoms with Gasteiger partial charge in [-0.3, -0.25) is 4.79 Å². The topological polar surface area (TPSA) is 81.4 Å². The average molecular weight is 250 g/mol. The number of hydrogen-bond donors (Lipinski definition) is 2. The van der Waals surface area contributed by atoms with Gasteiger partial charge in [0.25, 0.3) is 5.91 Å². The predicted molar refractivity (Wildman–Crippen MR) is 69.2 cm³/mol. The summed E-state index contributed by atoms with van der Waals surface area (Å²) in [6.45, 7) is 5.43. The summed E-state index contributed by atoms with van der Waals surface area (Å²) in [7, 11) is 0. The van der Waals surface area contributed by atoms with Crippen molar-refractivity contribution in [1.82, 2.24) is 5.32 Å². The number of rotatable bonds is 4. The van der Waals surface area contributed by atoms with Crippen LogP contribution in [0.5, 0.6) is 0 Å². The first-order chi connectivity index (χ1) is 8.43. The molecule has 1 amide bonds. The molecule has 0 saturated carbocycles. The van der Waals surface area contributed by atoms with Gasteiger partial charge < -0.3 is 15.8 Å². The van der Waals surface area contributed by atoms with E-state index in [0.29, 0.717) is 11.3 Å². The van der Waals surface area contributed by atoms with Crippen molar-refractivity contribution in [2.24, 2.45) is 0 Å². The summed E-state index contributed by atoms with van der Waals surface area (Å²) in [5.41, 5.74) is 7.51. The standard InChI is InChI=1S/C13H18N2O3/c1-4-18-13(17)9(3)15-12(16)10-5-8(2)6-11(14)7-10/h5-7,9H,4,14H2,1-3H3,(H,15,16). The van der Waals surface area contributed by atoms with Gasteiger partial charge in [-0.15, -0.1) is 0 Å². The fraction of sp³-hybridized carbons (Fsp3) is 0.385. The molecule has 0 aliphatic carbocycles. The Balaban J connectivity index is 2.73. The van der Waals surface area contributed by atoms with Crippen molar-refractivity contribution < 1.29 is 14.3 Å². The van der Waals surface area contributed by atoms with Crippen LogP contribution < -0.4 is 11.1 Å². The first-order valence-electron chi connectivity index (χ1n) is 5.78. The van der Waals surface area contributed by atoms with E-state index in [1.165, 1.54) is 0 Å². The molecule has 5 heteroatoms. The van der Waals surface area contributed by atoms with Crippen molar-refractivity contribution >= 4 is 17.6 Å². The lowest BCUT2D eigenvalue weighted by atomic mass is 10.1. The fourth-order valence-electron chi connectivity index (χ4n) is 1.55. The molecule has 0 spiro atoms. The molecule has 0 radical (unpaired) electrons. The first kappa shape index (κ1) is 14.0. The smallest absolute Gasteiger partial charge is 0.328 e. The summed E-state index contributed by atoms with van der Waals surface area (Å²) in [5, 5.41) is 2.57. The van der Waals surface area contributed by atoms with E-state index in [-0.39, 0.29) is 12.5 Å². The second-order valence-corrected chi connectivity index (χ2v) is 4.08. The molecule has 0 saturated heterocycles. The quantitative estimate of drug-likeness (QED) is 0.622. The molecule has 18 heavy (non-hydrogen) atoms. The highest BCUT2D eigenvalue weighted by molar-refractivity contribution is 5.97. The van der Waals surface area contributed by atoms with Crippen LogP contribution in [0.2, 0.25) is 0 Å². The van der Waals surface area contributed by atoms with Crippen molar-refractivity contribution in [2.45, 2.75) is 26.8 Å². The lowest BCUT2D eigenvalue weighted by molar-refractivity contribution is -0.144. The molecule has 1 unspecified atom stereocenters. The number of hydrogen-bond acceptors (Lipinski definition) is 4. The molecule has 0 heterocycles. The van der Waals surface area contributed by atoms with E-state index in [1.807, 2.05) is 6.92 Å². The zero-order valence-corrected chi connectivity index (χ0v) is 10.8. The zero-order valence-electron chi connectivity index (χ0n) is 10.8. The van der Waals surface area contributed by atoms with Crippen LogP contribution in [0.3, 0.4) is 0 Å². The van der Waals surface area contributed by atoms with E-state index < -0.39 is 12.0 Å². The SMILES string of the molecule is CCOC(=O)C(C)NC(=O)c1cc(C)cc(N)c1. The van der Waals surface area contributed by atoms with Gasteiger partial charge in [-0.2, -0.15) is 0 Å². The average Bonchev–Trinajstić information content (AvgIpc) is 2.27. The molecule has 1 atom stereocenters. The number of nitrogen functional groups attached to an aromatic ring is 1. The Morgan fingerprint density at radius 1 is 1.39 bits per heavy atom. The third-order valence-corrected chi connectivity index (χ3v) is 2.35. The molecule has 1 aromatic rings. The lowest BCUT2D eigenvalue weighted by Gasteiger charge is -2.13. The minimum absolute atomic E-state index is 0.288. The van der Waals surface area contributed by atoms with Crippen LogP contribution in [-0.4, -0.2) is 24.5 Å². The number of amides is 1. The van der Waals surface area contributed by atoms with E-state index in [2.05, 4.69) is 5.32 Å². The molecule has 1 rings (SSSR count). The minimum atomic E-state index is -0.681. The lowest BCUT2D eigenvalue weighted by Crippen LogP contribution is -2.39. The van der Waals surface area contributed by atoms with Gasteiger partial charge in [0.15, 0.2) is 0 Å². The number of nitrogens with two attached hydrogens (primary N) is 1. The van der Waals surface area contributed by atoms with Gasteiger partial charge >= 0.3 is 5.97 Å². The summed E-state index contributed by atoms with van der Waals surface area (Å²) in [4.78, 5) is 23.3. The van der Waals surface area contributed by atoms with E-state index in [4.69, 9.17) is 10.5 Å².